The molecule has 2 atom stereocenters. The van der Waals surface area contributed by atoms with Crippen molar-refractivity contribution in [2.24, 2.45) is 5.92 Å². The highest BCUT2D eigenvalue weighted by Crippen LogP contribution is 2.40. The van der Waals surface area contributed by atoms with Gasteiger partial charge in [0.1, 0.15) is 11.8 Å². The van der Waals surface area contributed by atoms with Gasteiger partial charge < -0.3 is 19.9 Å². The molecule has 1 N–H and O–H groups in total. The summed E-state index contributed by atoms with van der Waals surface area (Å²) in [6.07, 6.45) is 0.586. The zero-order valence-corrected chi connectivity index (χ0v) is 28.0. The zero-order valence-electron chi connectivity index (χ0n) is 24.8. The summed E-state index contributed by atoms with van der Waals surface area (Å²) in [5.41, 5.74) is 2.37. The first-order chi connectivity index (χ1) is 21.2. The molecule has 1 heterocycles. The lowest BCUT2D eigenvalue weighted by atomic mass is 10.0. The van der Waals surface area contributed by atoms with Gasteiger partial charge in [-0.1, -0.05) is 53.5 Å². The van der Waals surface area contributed by atoms with E-state index in [1.165, 1.54) is 4.90 Å². The predicted molar refractivity (Wildman–Crippen MR) is 182 cm³/mol. The number of carbonyl (C=O) groups excluding carboxylic acids is 3. The topological polar surface area (TPSA) is 103 Å². The summed E-state index contributed by atoms with van der Waals surface area (Å²) in [6.45, 7) is 3.66. The third kappa shape index (κ3) is 6.79. The molecule has 0 fully saturated rings. The van der Waals surface area contributed by atoms with Gasteiger partial charge >= 0.3 is 0 Å². The summed E-state index contributed by atoms with van der Waals surface area (Å²) < 4.78 is 6.64. The molecule has 0 aliphatic carbocycles. The van der Waals surface area contributed by atoms with Crippen LogP contribution in [0.2, 0.25) is 5.02 Å². The van der Waals surface area contributed by atoms with Crippen LogP contribution in [0, 0.1) is 17.2 Å². The minimum absolute atomic E-state index is 0. The summed E-state index contributed by atoms with van der Waals surface area (Å²) in [4.78, 5) is 44.8. The fraction of sp³-hybridized carbons (Fsp3) is 0.235. The van der Waals surface area contributed by atoms with E-state index in [4.69, 9.17) is 16.3 Å². The van der Waals surface area contributed by atoms with Gasteiger partial charge in [0, 0.05) is 26.5 Å². The molecule has 3 amide bonds. The van der Waals surface area contributed by atoms with Crippen LogP contribution in [0.15, 0.2) is 77.3 Å². The molecule has 0 bridgehead atoms. The molecule has 11 heteroatoms. The van der Waals surface area contributed by atoms with Gasteiger partial charge in [0.05, 0.1) is 43.2 Å². The van der Waals surface area contributed by atoms with E-state index in [-0.39, 0.29) is 43.2 Å². The van der Waals surface area contributed by atoms with Crippen molar-refractivity contribution >= 4 is 79.8 Å². The van der Waals surface area contributed by atoms with Crippen molar-refractivity contribution in [3.8, 4) is 11.8 Å². The maximum absolute atomic E-state index is 14.5. The minimum Gasteiger partial charge on any atom is -0.496 e. The number of rotatable bonds is 7. The van der Waals surface area contributed by atoms with Crippen molar-refractivity contribution in [2.45, 2.75) is 32.9 Å². The third-order valence-electron chi connectivity index (χ3n) is 7.94. The number of nitrogens with zero attached hydrogens (tertiary/aromatic N) is 3. The summed E-state index contributed by atoms with van der Waals surface area (Å²) in [5.74, 6) is -0.813. The lowest BCUT2D eigenvalue weighted by Gasteiger charge is -2.27. The van der Waals surface area contributed by atoms with E-state index in [1.807, 2.05) is 37.3 Å². The fourth-order valence-electron chi connectivity index (χ4n) is 5.29. The molecular weight excluding hydrogens is 679 g/mol. The highest BCUT2D eigenvalue weighted by molar-refractivity contribution is 9.10. The van der Waals surface area contributed by atoms with E-state index in [0.29, 0.717) is 39.7 Å². The Morgan fingerprint density at radius 1 is 1.09 bits per heavy atom. The van der Waals surface area contributed by atoms with Gasteiger partial charge in [0.15, 0.2) is 0 Å². The molecule has 0 spiro atoms. The Morgan fingerprint density at radius 2 is 1.82 bits per heavy atom. The monoisotopic (exact) mass is 708 g/mol. The van der Waals surface area contributed by atoms with Crippen molar-refractivity contribution < 1.29 is 19.1 Å². The number of nitrogens with one attached hydrogen (secondary N) is 1. The first-order valence-electron chi connectivity index (χ1n) is 14.1. The number of anilines is 2. The Balaban J connectivity index is 0.00000461. The molecule has 0 saturated carbocycles. The van der Waals surface area contributed by atoms with Crippen LogP contribution in [0.3, 0.4) is 0 Å². The lowest BCUT2D eigenvalue weighted by molar-refractivity contribution is -0.129. The second-order valence-corrected chi connectivity index (χ2v) is 11.9. The number of hydrogen-bond donors (Lipinski definition) is 1. The molecule has 8 nitrogen and oxygen atoms in total. The first-order valence-corrected chi connectivity index (χ1v) is 15.3. The number of hydrogen-bond acceptors (Lipinski definition) is 5. The lowest BCUT2D eigenvalue weighted by Crippen LogP contribution is -2.53. The summed E-state index contributed by atoms with van der Waals surface area (Å²) in [6, 6.07) is 21.9. The fourth-order valence-corrected chi connectivity index (χ4v) is 5.95. The molecule has 0 radical (unpaired) electrons. The summed E-state index contributed by atoms with van der Waals surface area (Å²) >= 11 is 10.1. The van der Waals surface area contributed by atoms with Crippen LogP contribution in [0.4, 0.5) is 11.4 Å². The van der Waals surface area contributed by atoms with Crippen molar-refractivity contribution in [2.75, 3.05) is 23.5 Å². The largest absolute Gasteiger partial charge is 0.496 e. The maximum atomic E-state index is 14.5. The second-order valence-electron chi connectivity index (χ2n) is 10.6. The molecule has 0 aromatic heterocycles. The standard InChI is InChI=1S/C34H30BrClN4O4.ClH/c1-4-20(2)32(41)38-28-19-40(33(42)22-10-8-21(17-37)9-11-22)30-16-23(36)12-14-29(30)39(34(28)43)18-26-24-6-5-7-27(35)25(24)13-15-31(26)44-3;/h5-16,20,28H,4,18-19H2,1-3H3,(H,38,41);1H/t20-,28+;/m1./s1. The van der Waals surface area contributed by atoms with Crippen molar-refractivity contribution in [1.29, 1.82) is 5.26 Å². The van der Waals surface area contributed by atoms with E-state index in [0.717, 1.165) is 20.8 Å². The third-order valence-corrected chi connectivity index (χ3v) is 8.87. The van der Waals surface area contributed by atoms with Gasteiger partial charge in [-0.2, -0.15) is 5.26 Å². The predicted octanol–water partition coefficient (Wildman–Crippen LogP) is 7.28. The summed E-state index contributed by atoms with van der Waals surface area (Å²) in [7, 11) is 1.58. The van der Waals surface area contributed by atoms with Crippen molar-refractivity contribution in [3.63, 3.8) is 0 Å². The van der Waals surface area contributed by atoms with E-state index in [1.54, 1.807) is 61.4 Å². The average molecular weight is 710 g/mol. The SMILES string of the molecule is CC[C@@H](C)C(=O)N[C@H]1CN(C(=O)c2ccc(C#N)cc2)c2cc(Cl)ccc2N(Cc2c(OC)ccc3c(Br)cccc23)C1=O.Cl. The number of carbonyl (C=O) groups is 3. The average Bonchev–Trinajstić information content (AvgIpc) is 3.14. The Bertz CT molecular complexity index is 1810. The van der Waals surface area contributed by atoms with Gasteiger partial charge in [-0.05, 0) is 77.9 Å². The molecule has 0 saturated heterocycles. The van der Waals surface area contributed by atoms with Gasteiger partial charge in [-0.3, -0.25) is 14.4 Å². The number of benzene rings is 4. The van der Waals surface area contributed by atoms with E-state index < -0.39 is 11.9 Å². The number of fused-ring (bicyclic) bond motifs is 2. The first kappa shape index (κ1) is 33.8. The molecule has 5 rings (SSSR count). The molecule has 4 aromatic carbocycles. The molecule has 45 heavy (non-hydrogen) atoms. The minimum atomic E-state index is -1.06. The molecule has 1 aliphatic heterocycles. The Hall–Kier alpha value is -4.10. The zero-order chi connectivity index (χ0) is 31.5. The highest BCUT2D eigenvalue weighted by atomic mass is 79.9. The maximum Gasteiger partial charge on any atom is 0.258 e. The van der Waals surface area contributed by atoms with Crippen LogP contribution in [0.25, 0.3) is 10.8 Å². The smallest absolute Gasteiger partial charge is 0.258 e. The van der Waals surface area contributed by atoms with E-state index in [9.17, 15) is 19.6 Å². The van der Waals surface area contributed by atoms with Gasteiger partial charge in [0.2, 0.25) is 5.91 Å². The highest BCUT2D eigenvalue weighted by Gasteiger charge is 2.38. The van der Waals surface area contributed by atoms with Gasteiger partial charge in [0.25, 0.3) is 11.8 Å². The van der Waals surface area contributed by atoms with Crippen molar-refractivity contribution in [3.05, 3.63) is 99.0 Å². The Morgan fingerprint density at radius 3 is 2.49 bits per heavy atom. The van der Waals surface area contributed by atoms with Crippen molar-refractivity contribution in [1.82, 2.24) is 5.32 Å². The summed E-state index contributed by atoms with van der Waals surface area (Å²) in [5, 5.41) is 14.4. The number of halogens is 3. The Labute approximate surface area is 281 Å². The molecule has 232 valence electrons. The quantitative estimate of drug-likeness (QED) is 0.217. The molecular formula is C34H31BrCl2N4O4. The van der Waals surface area contributed by atoms with E-state index >= 15 is 0 Å². The van der Waals surface area contributed by atoms with Crippen LogP contribution in [-0.2, 0) is 16.1 Å². The van der Waals surface area contributed by atoms with Crippen LogP contribution in [-0.4, -0.2) is 37.4 Å². The molecule has 0 unspecified atom stereocenters. The normalized spacial score (nSPS) is 14.9. The second kappa shape index (κ2) is 14.3. The molecule has 4 aromatic rings. The van der Waals surface area contributed by atoms with Gasteiger partial charge in [-0.25, -0.2) is 0 Å². The van der Waals surface area contributed by atoms with E-state index in [2.05, 4.69) is 27.3 Å². The van der Waals surface area contributed by atoms with Crippen LogP contribution in [0.1, 0.15) is 41.8 Å². The Kier molecular flexibility index (Phi) is 10.8. The molecule has 1 aliphatic rings. The van der Waals surface area contributed by atoms with Crippen LogP contribution in [0.5, 0.6) is 5.75 Å². The number of ether oxygens (including phenoxy) is 1. The van der Waals surface area contributed by atoms with Gasteiger partial charge in [-0.15, -0.1) is 12.4 Å². The number of methoxy groups -OCH3 is 1. The number of amides is 3. The number of nitriles is 1. The van der Waals surface area contributed by atoms with Crippen LogP contribution < -0.4 is 19.9 Å². The van der Waals surface area contributed by atoms with Crippen LogP contribution >= 0.6 is 39.9 Å².